The van der Waals surface area contributed by atoms with Gasteiger partial charge in [0, 0.05) is 23.7 Å². The molecule has 1 aliphatic heterocycles. The Kier molecular flexibility index (Phi) is 6.02. The summed E-state index contributed by atoms with van der Waals surface area (Å²) >= 11 is 6.90. The third-order valence-electron chi connectivity index (χ3n) is 4.06. The van der Waals surface area contributed by atoms with Crippen LogP contribution in [0.3, 0.4) is 0 Å². The number of aromatic nitrogens is 2. The van der Waals surface area contributed by atoms with Gasteiger partial charge < -0.3 is 16.0 Å². The summed E-state index contributed by atoms with van der Waals surface area (Å²) in [6.07, 6.45) is 2.03. The summed E-state index contributed by atoms with van der Waals surface area (Å²) in [5.41, 5.74) is 5.44. The van der Waals surface area contributed by atoms with Gasteiger partial charge in [0.15, 0.2) is 11.0 Å². The van der Waals surface area contributed by atoms with Crippen molar-refractivity contribution >= 4 is 46.7 Å². The molecule has 0 bridgehead atoms. The molecular weight excluding hydrogens is 390 g/mol. The lowest BCUT2D eigenvalue weighted by molar-refractivity contribution is -0.127. The van der Waals surface area contributed by atoms with E-state index in [-0.39, 0.29) is 28.3 Å². The Morgan fingerprint density at radius 3 is 2.56 bits per heavy atom. The zero-order chi connectivity index (χ0) is 19.4. The number of amides is 2. The van der Waals surface area contributed by atoms with Crippen LogP contribution >= 0.6 is 23.4 Å². The number of halogens is 1. The number of rotatable bonds is 5. The molecule has 1 fully saturated rings. The molecule has 3 rings (SSSR count). The highest BCUT2D eigenvalue weighted by Gasteiger charge is 2.19. The topological polar surface area (TPSA) is 121 Å². The molecule has 27 heavy (non-hydrogen) atoms. The zero-order valence-electron chi connectivity index (χ0n) is 14.3. The fraction of sp³-hybridized carbons (Fsp3) is 0.294. The van der Waals surface area contributed by atoms with Crippen LogP contribution in [0.1, 0.15) is 23.2 Å². The molecule has 1 saturated heterocycles. The molecule has 0 atom stereocenters. The van der Waals surface area contributed by atoms with E-state index in [0.717, 1.165) is 37.7 Å². The monoisotopic (exact) mass is 407 g/mol. The number of carbonyl (C=O) groups excluding carboxylic acids is 2. The van der Waals surface area contributed by atoms with Crippen LogP contribution in [0.4, 0.5) is 11.5 Å². The lowest BCUT2D eigenvalue weighted by Gasteiger charge is -2.14. The lowest BCUT2D eigenvalue weighted by Crippen LogP contribution is -2.29. The Labute approximate surface area is 164 Å². The number of likely N-dealkylation sites (tertiary alicyclic amines) is 1. The third-order valence-corrected chi connectivity index (χ3v) is 5.17. The molecule has 2 amide bonds. The van der Waals surface area contributed by atoms with Crippen molar-refractivity contribution in [3.8, 4) is 0 Å². The molecule has 4 N–H and O–H groups in total. The summed E-state index contributed by atoms with van der Waals surface area (Å²) in [5, 5.41) is 3.18. The van der Waals surface area contributed by atoms with Gasteiger partial charge in [0.2, 0.25) is 5.91 Å². The minimum absolute atomic E-state index is 0.00108. The summed E-state index contributed by atoms with van der Waals surface area (Å²) in [6, 6.07) is 6.20. The highest BCUT2D eigenvalue weighted by atomic mass is 35.5. The maximum absolute atomic E-state index is 12.3. The third kappa shape index (κ3) is 4.81. The van der Waals surface area contributed by atoms with E-state index in [0.29, 0.717) is 10.6 Å². The van der Waals surface area contributed by atoms with Gasteiger partial charge in [0.1, 0.15) is 5.69 Å². The average Bonchev–Trinajstić information content (AvgIpc) is 3.18. The van der Waals surface area contributed by atoms with E-state index in [1.165, 1.54) is 12.1 Å². The number of carbonyl (C=O) groups is 2. The molecule has 0 radical (unpaired) electrons. The highest BCUT2D eigenvalue weighted by molar-refractivity contribution is 7.99. The highest BCUT2D eigenvalue weighted by Crippen LogP contribution is 2.19. The van der Waals surface area contributed by atoms with E-state index in [1.807, 2.05) is 0 Å². The normalized spacial score (nSPS) is 13.6. The van der Waals surface area contributed by atoms with E-state index in [9.17, 15) is 14.4 Å². The average molecular weight is 408 g/mol. The number of thioether (sulfide) groups is 1. The molecular formula is C17H18ClN5O3S. The number of nitrogens with one attached hydrogen (secondary N) is 2. The SMILES string of the molecule is Nc1nc(SCC(=O)N2CCCC2)[nH]c(=O)c1NC(=O)c1ccc(Cl)cc1. The van der Waals surface area contributed by atoms with E-state index in [2.05, 4.69) is 15.3 Å². The van der Waals surface area contributed by atoms with Crippen molar-refractivity contribution in [1.82, 2.24) is 14.9 Å². The molecule has 0 saturated carbocycles. The molecule has 0 unspecified atom stereocenters. The molecule has 0 spiro atoms. The molecule has 8 nitrogen and oxygen atoms in total. The first kappa shape index (κ1) is 19.2. The lowest BCUT2D eigenvalue weighted by atomic mass is 10.2. The van der Waals surface area contributed by atoms with E-state index < -0.39 is 11.5 Å². The standard InChI is InChI=1S/C17H18ClN5O3S/c18-11-5-3-10(4-6-11)15(25)20-13-14(19)21-17(22-16(13)26)27-9-12(24)23-7-1-2-8-23/h3-6H,1-2,7-9H2,(H,20,25)(H3,19,21,22,26). The van der Waals surface area contributed by atoms with Crippen LogP contribution in [0, 0.1) is 0 Å². The Bertz CT molecular complexity index is 910. The number of nitrogens with two attached hydrogens (primary N) is 1. The number of anilines is 2. The van der Waals surface area contributed by atoms with Crippen LogP contribution in [0.5, 0.6) is 0 Å². The second-order valence-corrected chi connectivity index (χ2v) is 7.37. The number of H-pyrrole nitrogens is 1. The van der Waals surface area contributed by atoms with Crippen LogP contribution < -0.4 is 16.6 Å². The largest absolute Gasteiger partial charge is 0.382 e. The first-order valence-corrected chi connectivity index (χ1v) is 9.67. The molecule has 1 aromatic heterocycles. The number of hydrogen-bond donors (Lipinski definition) is 3. The number of benzene rings is 1. The predicted octanol–water partition coefficient (Wildman–Crippen LogP) is 1.97. The number of aromatic amines is 1. The van der Waals surface area contributed by atoms with Gasteiger partial charge in [-0.1, -0.05) is 23.4 Å². The molecule has 2 aromatic rings. The van der Waals surface area contributed by atoms with Gasteiger partial charge in [-0.3, -0.25) is 19.4 Å². The van der Waals surface area contributed by atoms with Crippen molar-refractivity contribution in [1.29, 1.82) is 0 Å². The minimum Gasteiger partial charge on any atom is -0.382 e. The molecule has 2 heterocycles. The molecule has 1 aromatic carbocycles. The molecule has 10 heteroatoms. The van der Waals surface area contributed by atoms with E-state index in [4.69, 9.17) is 17.3 Å². The number of hydrogen-bond acceptors (Lipinski definition) is 6. The van der Waals surface area contributed by atoms with Crippen LogP contribution in [-0.2, 0) is 4.79 Å². The molecule has 1 aliphatic rings. The second kappa shape index (κ2) is 8.45. The molecule has 0 aliphatic carbocycles. The van der Waals surface area contributed by atoms with Gasteiger partial charge in [-0.15, -0.1) is 0 Å². The molecule has 142 valence electrons. The van der Waals surface area contributed by atoms with Crippen LogP contribution in [0.15, 0.2) is 34.2 Å². The maximum Gasteiger partial charge on any atom is 0.277 e. The van der Waals surface area contributed by atoms with Gasteiger partial charge in [0.25, 0.3) is 11.5 Å². The van der Waals surface area contributed by atoms with Crippen LogP contribution in [-0.4, -0.2) is 45.5 Å². The van der Waals surface area contributed by atoms with Gasteiger partial charge in [0.05, 0.1) is 5.75 Å². The summed E-state index contributed by atoms with van der Waals surface area (Å²) in [5.74, 6) is -0.454. The van der Waals surface area contributed by atoms with Crippen LogP contribution in [0.25, 0.3) is 0 Å². The fourth-order valence-corrected chi connectivity index (χ4v) is 3.53. The summed E-state index contributed by atoms with van der Waals surface area (Å²) < 4.78 is 0. The van der Waals surface area contributed by atoms with Crippen molar-refractivity contribution in [2.24, 2.45) is 0 Å². The fourth-order valence-electron chi connectivity index (χ4n) is 2.63. The van der Waals surface area contributed by atoms with Crippen molar-refractivity contribution < 1.29 is 9.59 Å². The van der Waals surface area contributed by atoms with Crippen molar-refractivity contribution in [3.63, 3.8) is 0 Å². The maximum atomic E-state index is 12.3. The van der Waals surface area contributed by atoms with Crippen molar-refractivity contribution in [2.75, 3.05) is 29.9 Å². The minimum atomic E-state index is -0.582. The summed E-state index contributed by atoms with van der Waals surface area (Å²) in [6.45, 7) is 1.53. The quantitative estimate of drug-likeness (QED) is 0.514. The van der Waals surface area contributed by atoms with Gasteiger partial charge >= 0.3 is 0 Å². The number of nitrogen functional groups attached to an aromatic ring is 1. The van der Waals surface area contributed by atoms with Gasteiger partial charge in [-0.2, -0.15) is 0 Å². The first-order chi connectivity index (χ1) is 12.9. The Morgan fingerprint density at radius 2 is 1.93 bits per heavy atom. The Hall–Kier alpha value is -2.52. The Morgan fingerprint density at radius 1 is 1.26 bits per heavy atom. The van der Waals surface area contributed by atoms with Gasteiger partial charge in [-0.25, -0.2) is 4.98 Å². The first-order valence-electron chi connectivity index (χ1n) is 8.31. The number of nitrogens with zero attached hydrogens (tertiary/aromatic N) is 2. The second-order valence-electron chi connectivity index (χ2n) is 5.97. The van der Waals surface area contributed by atoms with Gasteiger partial charge in [-0.05, 0) is 37.1 Å². The summed E-state index contributed by atoms with van der Waals surface area (Å²) in [4.78, 5) is 45.0. The summed E-state index contributed by atoms with van der Waals surface area (Å²) in [7, 11) is 0. The predicted molar refractivity (Wildman–Crippen MR) is 105 cm³/mol. The van der Waals surface area contributed by atoms with E-state index in [1.54, 1.807) is 17.0 Å². The van der Waals surface area contributed by atoms with Crippen LogP contribution in [0.2, 0.25) is 5.02 Å². The van der Waals surface area contributed by atoms with Crippen molar-refractivity contribution in [2.45, 2.75) is 18.0 Å². The smallest absolute Gasteiger partial charge is 0.277 e. The zero-order valence-corrected chi connectivity index (χ0v) is 15.9. The Balaban J connectivity index is 1.67. The van der Waals surface area contributed by atoms with E-state index >= 15 is 0 Å². The van der Waals surface area contributed by atoms with Crippen molar-refractivity contribution in [3.05, 3.63) is 45.2 Å².